The topological polar surface area (TPSA) is 89.2 Å². The molecule has 2 fully saturated rings. The van der Waals surface area contributed by atoms with Crippen LogP contribution in [0.4, 0.5) is 13.2 Å². The lowest BCUT2D eigenvalue weighted by Gasteiger charge is -2.30. The second-order valence-corrected chi connectivity index (χ2v) is 11.3. The van der Waals surface area contributed by atoms with Gasteiger partial charge in [0.25, 0.3) is 5.56 Å². The summed E-state index contributed by atoms with van der Waals surface area (Å²) in [5.74, 6) is 0.657. The number of hydrogen-bond donors (Lipinski definition) is 1. The molecule has 6 rings (SSSR count). The number of ether oxygens (including phenoxy) is 2. The maximum atomic E-state index is 13.3. The Labute approximate surface area is 230 Å². The molecule has 9 nitrogen and oxygen atoms in total. The smallest absolute Gasteiger partial charge is 0.416 e. The zero-order valence-corrected chi connectivity index (χ0v) is 22.3. The monoisotopic (exact) mass is 564 g/mol. The third-order valence-corrected chi connectivity index (χ3v) is 8.60. The number of likely N-dealkylation sites (tertiary alicyclic amines) is 1. The Kier molecular flexibility index (Phi) is 7.77. The summed E-state index contributed by atoms with van der Waals surface area (Å²) in [5.41, 5.74) is -0.204. The summed E-state index contributed by atoms with van der Waals surface area (Å²) in [6.45, 7) is 3.59. The summed E-state index contributed by atoms with van der Waals surface area (Å²) in [5, 5.41) is 3.17. The van der Waals surface area contributed by atoms with Crippen LogP contribution in [0.2, 0.25) is 0 Å². The highest BCUT2D eigenvalue weighted by Crippen LogP contribution is 2.37. The van der Waals surface area contributed by atoms with Crippen LogP contribution >= 0.6 is 0 Å². The minimum absolute atomic E-state index is 0.0245. The van der Waals surface area contributed by atoms with Crippen molar-refractivity contribution in [2.75, 3.05) is 39.4 Å². The van der Waals surface area contributed by atoms with Crippen LogP contribution in [-0.2, 0) is 40.0 Å². The van der Waals surface area contributed by atoms with Crippen molar-refractivity contribution in [2.24, 2.45) is 0 Å². The first-order chi connectivity index (χ1) is 19.2. The highest BCUT2D eigenvalue weighted by Gasteiger charge is 2.41. The Bertz CT molecular complexity index is 1270. The van der Waals surface area contributed by atoms with Gasteiger partial charge in [0.2, 0.25) is 5.91 Å². The molecule has 1 N–H and O–H groups in total. The third kappa shape index (κ3) is 5.86. The molecule has 3 aliphatic heterocycles. The first kappa shape index (κ1) is 27.5. The zero-order valence-electron chi connectivity index (χ0n) is 22.3. The van der Waals surface area contributed by atoms with Crippen molar-refractivity contribution in [3.05, 3.63) is 57.4 Å². The summed E-state index contributed by atoms with van der Waals surface area (Å²) >= 11 is 0. The number of pyridine rings is 1. The summed E-state index contributed by atoms with van der Waals surface area (Å²) in [6.07, 6.45) is 1.44. The van der Waals surface area contributed by atoms with Gasteiger partial charge in [0.05, 0.1) is 30.5 Å². The van der Waals surface area contributed by atoms with E-state index in [-0.39, 0.29) is 49.5 Å². The molecule has 0 aromatic carbocycles. The Hall–Kier alpha value is -2.67. The molecule has 4 aliphatic rings. The predicted octanol–water partition coefficient (Wildman–Crippen LogP) is 2.72. The summed E-state index contributed by atoms with van der Waals surface area (Å²) in [6, 6.07) is 3.75. The highest BCUT2D eigenvalue weighted by atomic mass is 19.4. The van der Waals surface area contributed by atoms with Crippen LogP contribution in [0.5, 0.6) is 0 Å². The van der Waals surface area contributed by atoms with Crippen molar-refractivity contribution >= 4 is 5.91 Å². The molecule has 0 saturated carbocycles. The number of alkyl halides is 3. The Morgan fingerprint density at radius 3 is 2.85 bits per heavy atom. The molecular formula is C28H35F3N4O5. The van der Waals surface area contributed by atoms with E-state index in [0.717, 1.165) is 57.1 Å². The quantitative estimate of drug-likeness (QED) is 0.577. The lowest BCUT2D eigenvalue weighted by atomic mass is 10.1. The molecule has 0 spiro atoms. The normalized spacial score (nSPS) is 27.8. The Balaban J connectivity index is 1.12. The van der Waals surface area contributed by atoms with Crippen LogP contribution in [0.1, 0.15) is 54.4 Å². The highest BCUT2D eigenvalue weighted by molar-refractivity contribution is 5.78. The number of fused-ring (bicyclic) bond motifs is 2. The first-order valence-electron chi connectivity index (χ1n) is 14.1. The van der Waals surface area contributed by atoms with Crippen molar-refractivity contribution in [3.63, 3.8) is 0 Å². The molecule has 40 heavy (non-hydrogen) atoms. The number of hydrogen-bond acceptors (Lipinski definition) is 7. The molecule has 0 bridgehead atoms. The number of furan rings is 1. The van der Waals surface area contributed by atoms with Gasteiger partial charge in [-0.2, -0.15) is 13.2 Å². The third-order valence-electron chi connectivity index (χ3n) is 8.60. The van der Waals surface area contributed by atoms with Crippen LogP contribution in [0, 0.1) is 0 Å². The van der Waals surface area contributed by atoms with E-state index in [1.54, 1.807) is 11.2 Å². The molecule has 0 radical (unpaired) electrons. The molecule has 5 heterocycles. The summed E-state index contributed by atoms with van der Waals surface area (Å²) in [7, 11) is 0. The zero-order chi connectivity index (χ0) is 27.9. The fraction of sp³-hybridized carbons (Fsp3) is 0.643. The maximum absolute atomic E-state index is 13.3. The van der Waals surface area contributed by atoms with Gasteiger partial charge in [-0.15, -0.1) is 0 Å². The van der Waals surface area contributed by atoms with E-state index in [2.05, 4.69) is 10.2 Å². The number of halogens is 3. The van der Waals surface area contributed by atoms with Gasteiger partial charge < -0.3 is 23.8 Å². The summed E-state index contributed by atoms with van der Waals surface area (Å²) in [4.78, 5) is 29.7. The van der Waals surface area contributed by atoms with Crippen molar-refractivity contribution < 1.29 is 31.9 Å². The lowest BCUT2D eigenvalue weighted by molar-refractivity contribution is -0.138. The number of aromatic nitrogens is 1. The first-order valence-corrected chi connectivity index (χ1v) is 14.1. The number of nitrogens with one attached hydrogen (secondary N) is 1. The number of amides is 1. The van der Waals surface area contributed by atoms with Crippen molar-refractivity contribution in [3.8, 4) is 0 Å². The van der Waals surface area contributed by atoms with E-state index in [1.165, 1.54) is 10.1 Å². The van der Waals surface area contributed by atoms with Crippen LogP contribution < -0.4 is 10.9 Å². The van der Waals surface area contributed by atoms with Gasteiger partial charge in [-0.1, -0.05) is 0 Å². The van der Waals surface area contributed by atoms with Crippen molar-refractivity contribution in [1.82, 2.24) is 19.7 Å². The fourth-order valence-corrected chi connectivity index (χ4v) is 6.56. The van der Waals surface area contributed by atoms with E-state index in [0.29, 0.717) is 31.7 Å². The molecule has 4 atom stereocenters. The Morgan fingerprint density at radius 1 is 1.12 bits per heavy atom. The molecule has 218 valence electrons. The van der Waals surface area contributed by atoms with Crippen molar-refractivity contribution in [1.29, 1.82) is 0 Å². The number of rotatable bonds is 6. The van der Waals surface area contributed by atoms with Gasteiger partial charge in [0.15, 0.2) is 0 Å². The van der Waals surface area contributed by atoms with Gasteiger partial charge in [0.1, 0.15) is 11.9 Å². The van der Waals surface area contributed by atoms with E-state index in [4.69, 9.17) is 13.9 Å². The van der Waals surface area contributed by atoms with Gasteiger partial charge in [0, 0.05) is 63.7 Å². The number of carbonyl (C=O) groups is 1. The molecule has 2 aromatic heterocycles. The minimum atomic E-state index is -4.60. The molecule has 2 aromatic rings. The number of aryl methyl sites for hydroxylation is 1. The molecular weight excluding hydrogens is 529 g/mol. The van der Waals surface area contributed by atoms with Crippen molar-refractivity contribution in [2.45, 2.75) is 75.7 Å². The van der Waals surface area contributed by atoms with E-state index in [1.807, 2.05) is 6.07 Å². The van der Waals surface area contributed by atoms with Crippen LogP contribution in [0.3, 0.4) is 0 Å². The maximum Gasteiger partial charge on any atom is 0.416 e. The van der Waals surface area contributed by atoms with Gasteiger partial charge in [-0.3, -0.25) is 19.4 Å². The SMILES string of the molecule is O=C(CN1CCn2c(cc(C(F)(F)F)cc2=O)C1)NC1CN(C2CCCOCC2)C[C@@H]1OC1CCc2ccoc21. The van der Waals surface area contributed by atoms with E-state index < -0.39 is 17.3 Å². The Morgan fingerprint density at radius 2 is 2.00 bits per heavy atom. The van der Waals surface area contributed by atoms with Crippen LogP contribution in [0.15, 0.2) is 33.7 Å². The fourth-order valence-electron chi connectivity index (χ4n) is 6.56. The number of carbonyl (C=O) groups excluding carboxylic acids is 1. The van der Waals surface area contributed by atoms with Gasteiger partial charge in [-0.05, 0) is 49.8 Å². The molecule has 12 heteroatoms. The average molecular weight is 565 g/mol. The van der Waals surface area contributed by atoms with Gasteiger partial charge in [-0.25, -0.2) is 0 Å². The number of nitrogens with zero attached hydrogens (tertiary/aromatic N) is 3. The average Bonchev–Trinajstić information content (AvgIpc) is 3.56. The van der Waals surface area contributed by atoms with Crippen LogP contribution in [-0.4, -0.2) is 77.9 Å². The largest absolute Gasteiger partial charge is 0.466 e. The molecule has 1 aliphatic carbocycles. The summed E-state index contributed by atoms with van der Waals surface area (Å²) < 4.78 is 59.0. The molecule has 2 saturated heterocycles. The second kappa shape index (κ2) is 11.3. The minimum Gasteiger partial charge on any atom is -0.466 e. The second-order valence-electron chi connectivity index (χ2n) is 11.3. The van der Waals surface area contributed by atoms with E-state index >= 15 is 0 Å². The standard InChI is InChI=1S/C28H35F3N4O5/c29-28(30,31)19-12-21-14-33(7-8-35(21)26(37)13-19)17-25(36)32-22-15-34(20-2-1-9-38-10-6-20)16-24(22)40-23-4-3-18-5-11-39-27(18)23/h5,11-13,20,22-24H,1-4,6-10,14-17H2,(H,32,36)/t20?,22?,23?,24-/m0/s1. The predicted molar refractivity (Wildman–Crippen MR) is 138 cm³/mol. The van der Waals surface area contributed by atoms with E-state index in [9.17, 15) is 22.8 Å². The van der Waals surface area contributed by atoms with Gasteiger partial charge >= 0.3 is 6.18 Å². The lowest BCUT2D eigenvalue weighted by Crippen LogP contribution is -2.49. The molecule has 3 unspecified atom stereocenters. The van der Waals surface area contributed by atoms with Crippen LogP contribution in [0.25, 0.3) is 0 Å². The molecule has 1 amide bonds.